The molecule has 1 fully saturated rings. The summed E-state index contributed by atoms with van der Waals surface area (Å²) in [6.45, 7) is 6.99. The lowest BCUT2D eigenvalue weighted by Crippen LogP contribution is -2.34. The molecule has 1 aromatic rings. The summed E-state index contributed by atoms with van der Waals surface area (Å²) >= 11 is 0. The Hall–Kier alpha value is -2.05. The molecule has 0 radical (unpaired) electrons. The molecule has 0 spiro atoms. The molecule has 1 aliphatic rings. The van der Waals surface area contributed by atoms with E-state index in [0.29, 0.717) is 37.1 Å². The van der Waals surface area contributed by atoms with Crippen LogP contribution < -0.4 is 15.4 Å². The zero-order valence-electron chi connectivity index (χ0n) is 12.0. The summed E-state index contributed by atoms with van der Waals surface area (Å²) in [5, 5.41) is 0. The number of carbonyl (C=O) groups is 1. The van der Waals surface area contributed by atoms with Crippen LogP contribution in [0.15, 0.2) is 6.33 Å². The molecular formula is C13H21N5O2. The lowest BCUT2D eigenvalue weighted by atomic mass is 10.3. The normalized spacial score (nSPS) is 15.9. The van der Waals surface area contributed by atoms with Crippen molar-refractivity contribution in [3.63, 3.8) is 0 Å². The van der Waals surface area contributed by atoms with Crippen molar-refractivity contribution in [3.05, 3.63) is 6.33 Å². The molecule has 7 heteroatoms. The number of hydrogen-bond donors (Lipinski definition) is 1. The van der Waals surface area contributed by atoms with E-state index in [1.54, 1.807) is 6.92 Å². The summed E-state index contributed by atoms with van der Waals surface area (Å²) < 4.78 is 5.39. The fourth-order valence-electron chi connectivity index (χ4n) is 2.32. The lowest BCUT2D eigenvalue weighted by Gasteiger charge is -2.23. The number of nitrogens with two attached hydrogens (primary N) is 1. The summed E-state index contributed by atoms with van der Waals surface area (Å²) in [5.41, 5.74) is 6.54. The number of ether oxygens (including phenoxy) is 1. The average molecular weight is 279 g/mol. The fourth-order valence-corrected chi connectivity index (χ4v) is 2.32. The van der Waals surface area contributed by atoms with Crippen molar-refractivity contribution in [3.8, 4) is 5.88 Å². The molecule has 1 amide bonds. The molecule has 20 heavy (non-hydrogen) atoms. The van der Waals surface area contributed by atoms with Gasteiger partial charge in [0.05, 0.1) is 6.61 Å². The van der Waals surface area contributed by atoms with Gasteiger partial charge in [0.25, 0.3) is 0 Å². The van der Waals surface area contributed by atoms with Gasteiger partial charge < -0.3 is 20.3 Å². The zero-order valence-corrected chi connectivity index (χ0v) is 12.0. The van der Waals surface area contributed by atoms with Gasteiger partial charge in [-0.15, -0.1) is 0 Å². The van der Waals surface area contributed by atoms with Crippen LogP contribution >= 0.6 is 0 Å². The first kappa shape index (κ1) is 14.4. The molecule has 0 aliphatic carbocycles. The highest BCUT2D eigenvalue weighted by molar-refractivity contribution is 5.73. The first-order chi connectivity index (χ1) is 9.63. The third kappa shape index (κ3) is 3.09. The molecule has 2 N–H and O–H groups in total. The van der Waals surface area contributed by atoms with Crippen molar-refractivity contribution < 1.29 is 9.53 Å². The van der Waals surface area contributed by atoms with E-state index in [1.165, 1.54) is 6.33 Å². The van der Waals surface area contributed by atoms with Gasteiger partial charge in [-0.1, -0.05) is 0 Å². The van der Waals surface area contributed by atoms with Crippen LogP contribution in [0.2, 0.25) is 0 Å². The Morgan fingerprint density at radius 3 is 2.85 bits per heavy atom. The number of hydrogen-bond acceptors (Lipinski definition) is 6. The van der Waals surface area contributed by atoms with Crippen LogP contribution in [-0.4, -0.2) is 53.6 Å². The molecule has 1 aromatic heterocycles. The fraction of sp³-hybridized carbons (Fsp3) is 0.615. The number of nitrogens with zero attached hydrogens (tertiary/aromatic N) is 4. The maximum atomic E-state index is 11.4. The first-order valence-electron chi connectivity index (χ1n) is 6.87. The summed E-state index contributed by atoms with van der Waals surface area (Å²) in [7, 11) is 0. The Morgan fingerprint density at radius 1 is 1.35 bits per heavy atom. The molecule has 2 heterocycles. The van der Waals surface area contributed by atoms with Gasteiger partial charge in [-0.05, 0) is 13.3 Å². The highest BCUT2D eigenvalue weighted by Crippen LogP contribution is 2.28. The Morgan fingerprint density at radius 2 is 2.15 bits per heavy atom. The smallest absolute Gasteiger partial charge is 0.242 e. The van der Waals surface area contributed by atoms with Crippen molar-refractivity contribution in [2.45, 2.75) is 20.3 Å². The van der Waals surface area contributed by atoms with E-state index >= 15 is 0 Å². The second-order valence-corrected chi connectivity index (χ2v) is 4.70. The van der Waals surface area contributed by atoms with Crippen LogP contribution in [0.4, 0.5) is 11.5 Å². The van der Waals surface area contributed by atoms with E-state index in [-0.39, 0.29) is 5.91 Å². The molecular weight excluding hydrogens is 258 g/mol. The molecule has 0 saturated carbocycles. The minimum absolute atomic E-state index is 0.109. The molecule has 0 aromatic carbocycles. The van der Waals surface area contributed by atoms with Gasteiger partial charge in [-0.3, -0.25) is 4.79 Å². The van der Waals surface area contributed by atoms with Crippen molar-refractivity contribution in [1.82, 2.24) is 14.9 Å². The van der Waals surface area contributed by atoms with Crippen LogP contribution in [0.5, 0.6) is 5.88 Å². The molecule has 2 rings (SSSR count). The second kappa shape index (κ2) is 6.40. The van der Waals surface area contributed by atoms with Gasteiger partial charge in [0, 0.05) is 33.1 Å². The molecule has 0 unspecified atom stereocenters. The number of carbonyl (C=O) groups excluding carboxylic acids is 1. The minimum atomic E-state index is 0.109. The van der Waals surface area contributed by atoms with Crippen molar-refractivity contribution in [2.75, 3.05) is 43.4 Å². The third-order valence-electron chi connectivity index (χ3n) is 3.35. The second-order valence-electron chi connectivity index (χ2n) is 4.70. The van der Waals surface area contributed by atoms with Crippen molar-refractivity contribution in [2.24, 2.45) is 0 Å². The maximum absolute atomic E-state index is 11.4. The highest BCUT2D eigenvalue weighted by atomic mass is 16.5. The Balaban J connectivity index is 2.15. The van der Waals surface area contributed by atoms with E-state index in [9.17, 15) is 4.79 Å². The number of nitrogen functional groups attached to an aromatic ring is 1. The quantitative estimate of drug-likeness (QED) is 0.868. The highest BCUT2D eigenvalue weighted by Gasteiger charge is 2.20. The molecule has 7 nitrogen and oxygen atoms in total. The number of rotatable bonds is 3. The summed E-state index contributed by atoms with van der Waals surface area (Å²) in [5.74, 6) is 1.22. The van der Waals surface area contributed by atoms with Gasteiger partial charge in [-0.25, -0.2) is 4.98 Å². The van der Waals surface area contributed by atoms with Crippen molar-refractivity contribution in [1.29, 1.82) is 0 Å². The predicted molar refractivity (Wildman–Crippen MR) is 76.7 cm³/mol. The van der Waals surface area contributed by atoms with Crippen LogP contribution in [0.25, 0.3) is 0 Å². The van der Waals surface area contributed by atoms with Gasteiger partial charge in [0.1, 0.15) is 12.0 Å². The summed E-state index contributed by atoms with van der Waals surface area (Å²) in [4.78, 5) is 23.7. The molecule has 1 aliphatic heterocycles. The van der Waals surface area contributed by atoms with Gasteiger partial charge in [0.2, 0.25) is 11.8 Å². The van der Waals surface area contributed by atoms with Crippen LogP contribution in [0, 0.1) is 0 Å². The number of aromatic nitrogens is 2. The molecule has 0 bridgehead atoms. The van der Waals surface area contributed by atoms with E-state index in [0.717, 1.165) is 19.5 Å². The predicted octanol–water partition coefficient (Wildman–Crippen LogP) is 0.516. The van der Waals surface area contributed by atoms with E-state index in [1.807, 2.05) is 11.8 Å². The molecule has 1 saturated heterocycles. The maximum Gasteiger partial charge on any atom is 0.242 e. The Kier molecular flexibility index (Phi) is 4.60. The topological polar surface area (TPSA) is 84.6 Å². The average Bonchev–Trinajstić information content (AvgIpc) is 2.67. The lowest BCUT2D eigenvalue weighted by molar-refractivity contribution is -0.128. The van der Waals surface area contributed by atoms with Crippen LogP contribution in [0.1, 0.15) is 20.3 Å². The van der Waals surface area contributed by atoms with E-state index in [4.69, 9.17) is 10.5 Å². The van der Waals surface area contributed by atoms with Gasteiger partial charge in [-0.2, -0.15) is 4.98 Å². The first-order valence-corrected chi connectivity index (χ1v) is 6.87. The molecule has 0 atom stereocenters. The van der Waals surface area contributed by atoms with E-state index in [2.05, 4.69) is 14.9 Å². The SMILES string of the molecule is CCOc1ncnc(N2CCCN(C(C)=O)CC2)c1N. The minimum Gasteiger partial charge on any atom is -0.476 e. The van der Waals surface area contributed by atoms with Crippen molar-refractivity contribution >= 4 is 17.4 Å². The number of anilines is 2. The Labute approximate surface area is 118 Å². The van der Waals surface area contributed by atoms with Gasteiger partial charge >= 0.3 is 0 Å². The summed E-state index contributed by atoms with van der Waals surface area (Å²) in [6.07, 6.45) is 2.36. The monoisotopic (exact) mass is 279 g/mol. The molecule has 110 valence electrons. The number of amides is 1. The summed E-state index contributed by atoms with van der Waals surface area (Å²) in [6, 6.07) is 0. The third-order valence-corrected chi connectivity index (χ3v) is 3.35. The Bertz CT molecular complexity index is 480. The van der Waals surface area contributed by atoms with Crippen LogP contribution in [0.3, 0.4) is 0 Å². The van der Waals surface area contributed by atoms with Crippen LogP contribution in [-0.2, 0) is 4.79 Å². The van der Waals surface area contributed by atoms with E-state index < -0.39 is 0 Å². The zero-order chi connectivity index (χ0) is 14.5. The van der Waals surface area contributed by atoms with Gasteiger partial charge in [0.15, 0.2) is 5.82 Å². The standard InChI is InChI=1S/C13H21N5O2/c1-3-20-13-11(14)12(15-9-16-13)18-6-4-5-17(7-8-18)10(2)19/h9H,3-8,14H2,1-2H3. The largest absolute Gasteiger partial charge is 0.476 e.